The SMILES string of the molecule is COC(=O)c1ccc(OC)cc1N1Cc2c(Cl)ccc(Nc3c(OC)c(=O)c3=O)c2C1=O. The fourth-order valence-corrected chi connectivity index (χ4v) is 3.86. The van der Waals surface area contributed by atoms with Crippen molar-refractivity contribution < 1.29 is 23.8 Å². The lowest BCUT2D eigenvalue weighted by atomic mass is 10.1. The molecule has 3 aromatic carbocycles. The molecule has 0 aromatic heterocycles. The number of ether oxygens (including phenoxy) is 3. The molecule has 1 heterocycles. The summed E-state index contributed by atoms with van der Waals surface area (Å²) in [6.45, 7) is 0.0722. The minimum absolute atomic E-state index is 0.0371. The maximum atomic E-state index is 13.5. The van der Waals surface area contributed by atoms with Crippen LogP contribution in [0, 0.1) is 0 Å². The predicted octanol–water partition coefficient (Wildman–Crippen LogP) is 2.64. The molecule has 1 amide bonds. The number of methoxy groups -OCH3 is 3. The van der Waals surface area contributed by atoms with Crippen LogP contribution in [-0.4, -0.2) is 33.2 Å². The number of rotatable bonds is 6. The second-order valence-electron chi connectivity index (χ2n) is 6.91. The van der Waals surface area contributed by atoms with Gasteiger partial charge in [-0.15, -0.1) is 0 Å². The number of hydrogen-bond acceptors (Lipinski definition) is 8. The molecule has 0 aliphatic carbocycles. The summed E-state index contributed by atoms with van der Waals surface area (Å²) in [6, 6.07) is 7.75. The number of carbonyl (C=O) groups excluding carboxylic acids is 2. The van der Waals surface area contributed by atoms with Crippen molar-refractivity contribution in [3.8, 4) is 11.5 Å². The van der Waals surface area contributed by atoms with Crippen molar-refractivity contribution in [3.63, 3.8) is 0 Å². The molecule has 0 saturated heterocycles. The van der Waals surface area contributed by atoms with Crippen LogP contribution in [0.1, 0.15) is 26.3 Å². The fourth-order valence-electron chi connectivity index (χ4n) is 3.64. The molecule has 3 aromatic rings. The molecule has 10 heteroatoms. The number of carbonyl (C=O) groups is 2. The highest BCUT2D eigenvalue weighted by Gasteiger charge is 2.36. The zero-order chi connectivity index (χ0) is 23.2. The minimum Gasteiger partial charge on any atom is -0.497 e. The lowest BCUT2D eigenvalue weighted by Gasteiger charge is -2.20. The molecule has 0 fully saturated rings. The van der Waals surface area contributed by atoms with Crippen molar-refractivity contribution in [3.05, 3.63) is 72.5 Å². The third kappa shape index (κ3) is 3.18. The topological polar surface area (TPSA) is 111 Å². The van der Waals surface area contributed by atoms with Gasteiger partial charge in [-0.1, -0.05) is 11.6 Å². The second-order valence-corrected chi connectivity index (χ2v) is 7.31. The Balaban J connectivity index is 1.80. The van der Waals surface area contributed by atoms with Gasteiger partial charge in [-0.2, -0.15) is 0 Å². The lowest BCUT2D eigenvalue weighted by Crippen LogP contribution is -2.34. The summed E-state index contributed by atoms with van der Waals surface area (Å²) in [7, 11) is 3.99. The van der Waals surface area contributed by atoms with Gasteiger partial charge in [-0.25, -0.2) is 4.79 Å². The number of nitrogens with zero attached hydrogens (tertiary/aromatic N) is 1. The number of benzene rings is 2. The van der Waals surface area contributed by atoms with Crippen LogP contribution < -0.4 is 30.5 Å². The van der Waals surface area contributed by atoms with Crippen molar-refractivity contribution in [1.82, 2.24) is 0 Å². The molecule has 0 unspecified atom stereocenters. The Morgan fingerprint density at radius 1 is 1.03 bits per heavy atom. The molecule has 164 valence electrons. The van der Waals surface area contributed by atoms with Gasteiger partial charge < -0.3 is 24.4 Å². The molecule has 4 rings (SSSR count). The van der Waals surface area contributed by atoms with E-state index in [1.165, 1.54) is 38.4 Å². The zero-order valence-electron chi connectivity index (χ0n) is 17.3. The van der Waals surface area contributed by atoms with Gasteiger partial charge in [-0.3, -0.25) is 14.4 Å². The zero-order valence-corrected chi connectivity index (χ0v) is 18.0. The van der Waals surface area contributed by atoms with Gasteiger partial charge >= 0.3 is 5.97 Å². The molecule has 1 aliphatic heterocycles. The van der Waals surface area contributed by atoms with E-state index in [2.05, 4.69) is 5.32 Å². The summed E-state index contributed by atoms with van der Waals surface area (Å²) in [5, 5.41) is 3.16. The molecular formula is C22H17ClN2O7. The Hall–Kier alpha value is -3.85. The summed E-state index contributed by atoms with van der Waals surface area (Å²) < 4.78 is 15.0. The van der Waals surface area contributed by atoms with E-state index in [9.17, 15) is 19.2 Å². The van der Waals surface area contributed by atoms with Gasteiger partial charge in [0.2, 0.25) is 0 Å². The Kier molecular flexibility index (Phi) is 5.35. The van der Waals surface area contributed by atoms with E-state index >= 15 is 0 Å². The van der Waals surface area contributed by atoms with Crippen LogP contribution in [0.4, 0.5) is 17.1 Å². The first-order valence-electron chi connectivity index (χ1n) is 9.36. The number of esters is 1. The normalized spacial score (nSPS) is 12.6. The Morgan fingerprint density at radius 3 is 2.44 bits per heavy atom. The number of halogens is 1. The van der Waals surface area contributed by atoms with E-state index in [0.717, 1.165) is 0 Å². The van der Waals surface area contributed by atoms with E-state index in [4.69, 9.17) is 25.8 Å². The summed E-state index contributed by atoms with van der Waals surface area (Å²) in [6.07, 6.45) is 0. The fraction of sp³-hybridized carbons (Fsp3) is 0.182. The van der Waals surface area contributed by atoms with Crippen LogP contribution in [0.25, 0.3) is 0 Å². The average Bonchev–Trinajstić information content (AvgIpc) is 3.17. The van der Waals surface area contributed by atoms with Crippen molar-refractivity contribution >= 4 is 40.5 Å². The van der Waals surface area contributed by atoms with Gasteiger partial charge in [0.1, 0.15) is 11.4 Å². The quantitative estimate of drug-likeness (QED) is 0.445. The molecule has 1 aliphatic rings. The molecule has 0 bridgehead atoms. The summed E-state index contributed by atoms with van der Waals surface area (Å²) >= 11 is 6.36. The van der Waals surface area contributed by atoms with E-state index < -0.39 is 22.7 Å². The minimum atomic E-state index is -0.743. The number of amides is 1. The number of hydrogen-bond donors (Lipinski definition) is 1. The number of anilines is 3. The molecule has 9 nitrogen and oxygen atoms in total. The van der Waals surface area contributed by atoms with Crippen LogP contribution in [-0.2, 0) is 11.3 Å². The molecule has 32 heavy (non-hydrogen) atoms. The lowest BCUT2D eigenvalue weighted by molar-refractivity contribution is 0.0601. The highest BCUT2D eigenvalue weighted by atomic mass is 35.5. The van der Waals surface area contributed by atoms with E-state index in [1.807, 2.05) is 0 Å². The Bertz CT molecular complexity index is 1340. The first kappa shape index (κ1) is 21.4. The number of fused-ring (bicyclic) bond motifs is 1. The summed E-state index contributed by atoms with van der Waals surface area (Å²) in [5.41, 5.74) is -0.0736. The van der Waals surface area contributed by atoms with Crippen molar-refractivity contribution in [1.29, 1.82) is 0 Å². The van der Waals surface area contributed by atoms with E-state index in [-0.39, 0.29) is 40.5 Å². The Morgan fingerprint density at radius 2 is 1.78 bits per heavy atom. The van der Waals surface area contributed by atoms with Gasteiger partial charge in [0, 0.05) is 16.7 Å². The molecule has 0 atom stereocenters. The highest BCUT2D eigenvalue weighted by molar-refractivity contribution is 6.33. The van der Waals surface area contributed by atoms with Gasteiger partial charge in [0.25, 0.3) is 16.8 Å². The molecular weight excluding hydrogens is 440 g/mol. The molecule has 1 N–H and O–H groups in total. The van der Waals surface area contributed by atoms with E-state index in [1.54, 1.807) is 18.2 Å². The van der Waals surface area contributed by atoms with Crippen molar-refractivity contribution in [2.24, 2.45) is 0 Å². The predicted molar refractivity (Wildman–Crippen MR) is 117 cm³/mol. The maximum Gasteiger partial charge on any atom is 0.339 e. The van der Waals surface area contributed by atoms with Crippen LogP contribution in [0.3, 0.4) is 0 Å². The molecule has 0 saturated carbocycles. The van der Waals surface area contributed by atoms with Gasteiger partial charge in [0.15, 0.2) is 5.75 Å². The molecule has 0 spiro atoms. The van der Waals surface area contributed by atoms with Crippen molar-refractivity contribution in [2.45, 2.75) is 6.54 Å². The van der Waals surface area contributed by atoms with Crippen LogP contribution in [0.2, 0.25) is 5.02 Å². The third-order valence-electron chi connectivity index (χ3n) is 5.26. The largest absolute Gasteiger partial charge is 0.497 e. The summed E-state index contributed by atoms with van der Waals surface area (Å²) in [5.74, 6) is -0.749. The van der Waals surface area contributed by atoms with Crippen LogP contribution >= 0.6 is 11.6 Å². The van der Waals surface area contributed by atoms with Crippen LogP contribution in [0.5, 0.6) is 11.5 Å². The summed E-state index contributed by atoms with van der Waals surface area (Å²) in [4.78, 5) is 50.7. The monoisotopic (exact) mass is 456 g/mol. The first-order valence-corrected chi connectivity index (χ1v) is 9.74. The highest BCUT2D eigenvalue weighted by Crippen LogP contribution is 2.40. The van der Waals surface area contributed by atoms with Crippen molar-refractivity contribution in [2.75, 3.05) is 31.5 Å². The second kappa shape index (κ2) is 8.01. The van der Waals surface area contributed by atoms with Crippen LogP contribution in [0.15, 0.2) is 39.9 Å². The van der Waals surface area contributed by atoms with Gasteiger partial charge in [-0.05, 0) is 24.3 Å². The molecule has 0 radical (unpaired) electrons. The average molecular weight is 457 g/mol. The Labute approximate surface area is 186 Å². The van der Waals surface area contributed by atoms with Gasteiger partial charge in [0.05, 0.1) is 50.4 Å². The third-order valence-corrected chi connectivity index (χ3v) is 5.62. The first-order chi connectivity index (χ1) is 15.3. The standard InChI is InChI=1S/C22H17ClN2O7/c1-30-10-4-5-11(22(29)32-3)15(8-10)25-9-12-13(23)6-7-14(16(12)21(25)28)24-17-18(26)19(27)20(17)31-2/h4-8,24H,9H2,1-3H3. The smallest absolute Gasteiger partial charge is 0.339 e. The van der Waals surface area contributed by atoms with E-state index in [0.29, 0.717) is 16.3 Å². The maximum absolute atomic E-state index is 13.5. The number of nitrogens with one attached hydrogen (secondary N) is 1.